The van der Waals surface area contributed by atoms with Gasteiger partial charge in [0.2, 0.25) is 0 Å². The molecule has 1 aromatic heterocycles. The van der Waals surface area contributed by atoms with Crippen LogP contribution in [0.2, 0.25) is 0 Å². The topological polar surface area (TPSA) is 38.0 Å². The van der Waals surface area contributed by atoms with E-state index in [1.165, 1.54) is 19.3 Å². The fourth-order valence-electron chi connectivity index (χ4n) is 3.20. The monoisotopic (exact) mass is 236 g/mol. The van der Waals surface area contributed by atoms with Crippen molar-refractivity contribution in [3.63, 3.8) is 0 Å². The molecular weight excluding hydrogens is 212 g/mol. The van der Waals surface area contributed by atoms with Crippen LogP contribution in [0.5, 0.6) is 0 Å². The number of hydrogen-bond acceptors (Lipinski definition) is 2. The van der Waals surface area contributed by atoms with E-state index in [2.05, 4.69) is 18.9 Å². The Morgan fingerprint density at radius 1 is 1.53 bits per heavy atom. The summed E-state index contributed by atoms with van der Waals surface area (Å²) in [6.07, 6.45) is 9.34. The summed E-state index contributed by atoms with van der Waals surface area (Å²) in [6, 6.07) is 0. The van der Waals surface area contributed by atoms with Crippen LogP contribution in [-0.2, 0) is 13.5 Å². The van der Waals surface area contributed by atoms with Gasteiger partial charge in [0.1, 0.15) is 0 Å². The van der Waals surface area contributed by atoms with Gasteiger partial charge in [0, 0.05) is 19.7 Å². The van der Waals surface area contributed by atoms with Gasteiger partial charge < -0.3 is 5.11 Å². The molecule has 0 spiro atoms. The predicted molar refractivity (Wildman–Crippen MR) is 68.7 cm³/mol. The van der Waals surface area contributed by atoms with E-state index in [0.29, 0.717) is 5.92 Å². The van der Waals surface area contributed by atoms with Crippen LogP contribution in [0, 0.1) is 11.3 Å². The third-order valence-corrected chi connectivity index (χ3v) is 4.26. The zero-order chi connectivity index (χ0) is 12.5. The highest BCUT2D eigenvalue weighted by Crippen LogP contribution is 2.42. The van der Waals surface area contributed by atoms with Crippen molar-refractivity contribution >= 4 is 0 Å². The molecule has 1 saturated carbocycles. The molecule has 1 aliphatic rings. The lowest BCUT2D eigenvalue weighted by atomic mass is 9.66. The molecule has 2 rings (SSSR count). The Kier molecular flexibility index (Phi) is 3.57. The minimum Gasteiger partial charge on any atom is -0.392 e. The van der Waals surface area contributed by atoms with E-state index in [1.807, 2.05) is 19.4 Å². The van der Waals surface area contributed by atoms with Gasteiger partial charge in [-0.2, -0.15) is 5.10 Å². The number of aliphatic hydroxyl groups is 1. The van der Waals surface area contributed by atoms with E-state index < -0.39 is 0 Å². The van der Waals surface area contributed by atoms with Crippen LogP contribution in [0.4, 0.5) is 0 Å². The Bertz CT molecular complexity index is 370. The van der Waals surface area contributed by atoms with Crippen LogP contribution < -0.4 is 0 Å². The van der Waals surface area contributed by atoms with Crippen molar-refractivity contribution in [2.75, 3.05) is 0 Å². The minimum absolute atomic E-state index is 0.227. The first kappa shape index (κ1) is 12.6. The third kappa shape index (κ3) is 2.89. The highest BCUT2D eigenvalue weighted by molar-refractivity contribution is 5.06. The van der Waals surface area contributed by atoms with Crippen LogP contribution in [0.1, 0.15) is 45.1 Å². The van der Waals surface area contributed by atoms with E-state index in [1.54, 1.807) is 4.68 Å². The molecule has 1 N–H and O–H groups in total. The number of aryl methyl sites for hydroxylation is 1. The Balaban J connectivity index is 2.01. The van der Waals surface area contributed by atoms with Crippen molar-refractivity contribution < 1.29 is 5.11 Å². The van der Waals surface area contributed by atoms with Crippen molar-refractivity contribution in [3.8, 4) is 0 Å². The van der Waals surface area contributed by atoms with Gasteiger partial charge >= 0.3 is 0 Å². The Labute approximate surface area is 104 Å². The number of hydrogen-bond donors (Lipinski definition) is 1. The molecule has 0 aromatic carbocycles. The summed E-state index contributed by atoms with van der Waals surface area (Å²) in [4.78, 5) is 0. The van der Waals surface area contributed by atoms with Gasteiger partial charge in [-0.1, -0.05) is 26.7 Å². The number of aromatic nitrogens is 2. The van der Waals surface area contributed by atoms with Crippen molar-refractivity contribution in [2.45, 2.75) is 52.1 Å². The molecule has 1 aliphatic carbocycles. The molecule has 2 atom stereocenters. The van der Waals surface area contributed by atoms with Crippen molar-refractivity contribution in [2.24, 2.45) is 18.4 Å². The molecule has 0 amide bonds. The van der Waals surface area contributed by atoms with Gasteiger partial charge in [-0.15, -0.1) is 0 Å². The molecule has 1 aromatic rings. The molecule has 2 unspecified atom stereocenters. The number of aliphatic hydroxyl groups excluding tert-OH is 1. The maximum absolute atomic E-state index is 10.4. The lowest BCUT2D eigenvalue weighted by Gasteiger charge is -2.41. The lowest BCUT2D eigenvalue weighted by molar-refractivity contribution is 0.00580. The summed E-state index contributed by atoms with van der Waals surface area (Å²) >= 11 is 0. The fraction of sp³-hybridized carbons (Fsp3) is 0.786. The smallest absolute Gasteiger partial charge is 0.0614 e. The third-order valence-electron chi connectivity index (χ3n) is 4.26. The van der Waals surface area contributed by atoms with E-state index in [4.69, 9.17) is 0 Å². The van der Waals surface area contributed by atoms with Gasteiger partial charge in [0.05, 0.1) is 12.3 Å². The summed E-state index contributed by atoms with van der Waals surface area (Å²) in [5, 5.41) is 14.6. The van der Waals surface area contributed by atoms with Crippen LogP contribution in [0.25, 0.3) is 0 Å². The quantitative estimate of drug-likeness (QED) is 0.875. The molecule has 0 radical (unpaired) electrons. The molecule has 96 valence electrons. The average molecular weight is 236 g/mol. The second-order valence-electron chi connectivity index (χ2n) is 6.13. The van der Waals surface area contributed by atoms with Gasteiger partial charge in [-0.3, -0.25) is 4.68 Å². The molecule has 0 aliphatic heterocycles. The Morgan fingerprint density at radius 2 is 2.29 bits per heavy atom. The summed E-state index contributed by atoms with van der Waals surface area (Å²) in [6.45, 7) is 4.59. The summed E-state index contributed by atoms with van der Waals surface area (Å²) in [5.41, 5.74) is 1.42. The number of nitrogens with zero attached hydrogens (tertiary/aromatic N) is 2. The van der Waals surface area contributed by atoms with E-state index >= 15 is 0 Å². The van der Waals surface area contributed by atoms with Crippen LogP contribution in [0.15, 0.2) is 12.4 Å². The highest BCUT2D eigenvalue weighted by Gasteiger charge is 2.36. The maximum atomic E-state index is 10.4. The Morgan fingerprint density at radius 3 is 2.88 bits per heavy atom. The van der Waals surface area contributed by atoms with E-state index in [-0.39, 0.29) is 11.5 Å². The first-order valence-electron chi connectivity index (χ1n) is 6.64. The summed E-state index contributed by atoms with van der Waals surface area (Å²) < 4.78 is 1.80. The van der Waals surface area contributed by atoms with E-state index in [9.17, 15) is 5.11 Å². The second kappa shape index (κ2) is 4.81. The molecule has 3 heteroatoms. The zero-order valence-corrected chi connectivity index (χ0v) is 11.2. The normalized spacial score (nSPS) is 25.8. The van der Waals surface area contributed by atoms with E-state index in [0.717, 1.165) is 18.4 Å². The largest absolute Gasteiger partial charge is 0.392 e. The first-order chi connectivity index (χ1) is 7.99. The van der Waals surface area contributed by atoms with Gasteiger partial charge in [-0.05, 0) is 29.7 Å². The van der Waals surface area contributed by atoms with Crippen LogP contribution in [-0.4, -0.2) is 21.0 Å². The van der Waals surface area contributed by atoms with Crippen molar-refractivity contribution in [1.82, 2.24) is 9.78 Å². The SMILES string of the molecule is Cn1cc(CC(O)C2CCCCC2(C)C)cn1. The number of rotatable bonds is 3. The van der Waals surface area contributed by atoms with Crippen molar-refractivity contribution in [3.05, 3.63) is 18.0 Å². The van der Waals surface area contributed by atoms with Crippen LogP contribution >= 0.6 is 0 Å². The van der Waals surface area contributed by atoms with Crippen LogP contribution in [0.3, 0.4) is 0 Å². The molecule has 17 heavy (non-hydrogen) atoms. The maximum Gasteiger partial charge on any atom is 0.0614 e. The molecule has 1 fully saturated rings. The molecule has 3 nitrogen and oxygen atoms in total. The van der Waals surface area contributed by atoms with Crippen molar-refractivity contribution in [1.29, 1.82) is 0 Å². The molecule has 1 heterocycles. The zero-order valence-electron chi connectivity index (χ0n) is 11.2. The standard InChI is InChI=1S/C14H24N2O/c1-14(2)7-5-4-6-12(14)13(17)8-11-9-15-16(3)10-11/h9-10,12-13,17H,4-8H2,1-3H3. The van der Waals surface area contributed by atoms with Gasteiger partial charge in [0.25, 0.3) is 0 Å². The summed E-state index contributed by atoms with van der Waals surface area (Å²) in [7, 11) is 1.92. The molecule has 0 bridgehead atoms. The average Bonchev–Trinajstić information content (AvgIpc) is 2.63. The first-order valence-corrected chi connectivity index (χ1v) is 6.64. The molecule has 0 saturated heterocycles. The predicted octanol–water partition coefficient (Wildman–Crippen LogP) is 2.54. The molecular formula is C14H24N2O. The minimum atomic E-state index is -0.227. The summed E-state index contributed by atoms with van der Waals surface area (Å²) in [5.74, 6) is 0.427. The highest BCUT2D eigenvalue weighted by atomic mass is 16.3. The van der Waals surface area contributed by atoms with Gasteiger partial charge in [0.15, 0.2) is 0 Å². The van der Waals surface area contributed by atoms with Gasteiger partial charge in [-0.25, -0.2) is 0 Å². The fourth-order valence-corrected chi connectivity index (χ4v) is 3.20. The Hall–Kier alpha value is -0.830. The lowest BCUT2D eigenvalue weighted by Crippen LogP contribution is -2.37. The second-order valence-corrected chi connectivity index (χ2v) is 6.13.